The number of halogens is 3. The van der Waals surface area contributed by atoms with Gasteiger partial charge in [0, 0.05) is 42.3 Å². The van der Waals surface area contributed by atoms with Crippen molar-refractivity contribution in [3.05, 3.63) is 50.5 Å². The van der Waals surface area contributed by atoms with Crippen LogP contribution in [0.5, 0.6) is 0 Å². The van der Waals surface area contributed by atoms with E-state index in [1.54, 1.807) is 6.07 Å². The van der Waals surface area contributed by atoms with E-state index in [0.717, 1.165) is 36.3 Å². The highest BCUT2D eigenvalue weighted by atomic mass is 35.5. The number of pyridine rings is 1. The van der Waals surface area contributed by atoms with Crippen molar-refractivity contribution < 1.29 is 14.3 Å². The summed E-state index contributed by atoms with van der Waals surface area (Å²) in [6.07, 6.45) is 4.97. The molecule has 0 amide bonds. The SMILES string of the molecule is CNC/C(Cl)=C1\CCCN(c2cc3c(cc2F)c(=O)c(C(=O)O)cn3C2CC2)C1.Cl. The van der Waals surface area contributed by atoms with E-state index >= 15 is 4.39 Å². The highest BCUT2D eigenvalue weighted by Crippen LogP contribution is 2.38. The van der Waals surface area contributed by atoms with Crippen LogP contribution in [-0.4, -0.2) is 42.3 Å². The number of fused-ring (bicyclic) bond motifs is 1. The normalized spacial score (nSPS) is 18.3. The third-order valence-corrected chi connectivity index (χ3v) is 6.02. The van der Waals surface area contributed by atoms with E-state index in [1.807, 2.05) is 16.5 Å². The summed E-state index contributed by atoms with van der Waals surface area (Å²) in [4.78, 5) is 26.0. The molecule has 2 aromatic rings. The van der Waals surface area contributed by atoms with Crippen molar-refractivity contribution in [2.45, 2.75) is 31.7 Å². The van der Waals surface area contributed by atoms with Crippen LogP contribution in [0.4, 0.5) is 10.1 Å². The number of piperidine rings is 1. The molecule has 2 fully saturated rings. The summed E-state index contributed by atoms with van der Waals surface area (Å²) in [7, 11) is 1.83. The number of benzene rings is 1. The first-order chi connectivity index (χ1) is 13.9. The first kappa shape index (κ1) is 22.6. The second-order valence-electron chi connectivity index (χ2n) is 7.70. The second-order valence-corrected chi connectivity index (χ2v) is 8.16. The van der Waals surface area contributed by atoms with Gasteiger partial charge < -0.3 is 19.9 Å². The van der Waals surface area contributed by atoms with Gasteiger partial charge in [0.05, 0.1) is 11.2 Å². The molecule has 0 unspecified atom stereocenters. The molecule has 1 aliphatic heterocycles. The molecule has 2 N–H and O–H groups in total. The van der Waals surface area contributed by atoms with Crippen molar-refractivity contribution in [2.75, 3.05) is 31.6 Å². The number of aromatic carboxylic acids is 1. The molecule has 1 aliphatic carbocycles. The van der Waals surface area contributed by atoms with Crippen LogP contribution in [0.15, 0.2) is 33.7 Å². The van der Waals surface area contributed by atoms with Gasteiger partial charge in [-0.1, -0.05) is 11.6 Å². The molecule has 1 saturated carbocycles. The Kier molecular flexibility index (Phi) is 6.75. The van der Waals surface area contributed by atoms with Crippen LogP contribution in [0, 0.1) is 5.82 Å². The molecule has 2 heterocycles. The Morgan fingerprint density at radius 3 is 2.73 bits per heavy atom. The molecular formula is C21H24Cl2FN3O3. The number of rotatable bonds is 5. The van der Waals surface area contributed by atoms with Crippen LogP contribution in [0.25, 0.3) is 10.9 Å². The van der Waals surface area contributed by atoms with Gasteiger partial charge >= 0.3 is 5.97 Å². The van der Waals surface area contributed by atoms with Crippen molar-refractivity contribution >= 4 is 46.6 Å². The molecule has 1 saturated heterocycles. The number of aromatic nitrogens is 1. The Morgan fingerprint density at radius 2 is 2.10 bits per heavy atom. The molecule has 9 heteroatoms. The van der Waals surface area contributed by atoms with Crippen LogP contribution in [-0.2, 0) is 0 Å². The van der Waals surface area contributed by atoms with Gasteiger partial charge in [0.2, 0.25) is 5.43 Å². The second kappa shape index (κ2) is 8.96. The van der Waals surface area contributed by atoms with E-state index < -0.39 is 17.2 Å². The standard InChI is InChI=1S/C21H23ClFN3O3.ClH/c1-24-9-16(22)12-3-2-6-25(10-12)19-8-18-14(7-17(19)23)20(27)15(21(28)29)11-26(18)13-4-5-13;/h7-8,11,13,24H,2-6,9-10H2,1H3,(H,28,29);1H/b16-12-;. The van der Waals surface area contributed by atoms with E-state index in [4.69, 9.17) is 11.6 Å². The van der Waals surface area contributed by atoms with Gasteiger partial charge in [-0.15, -0.1) is 12.4 Å². The zero-order valence-electron chi connectivity index (χ0n) is 16.6. The lowest BCUT2D eigenvalue weighted by Crippen LogP contribution is -2.33. The molecule has 30 heavy (non-hydrogen) atoms. The van der Waals surface area contributed by atoms with Crippen LogP contribution in [0.2, 0.25) is 0 Å². The Morgan fingerprint density at radius 1 is 1.37 bits per heavy atom. The van der Waals surface area contributed by atoms with Crippen LogP contribution in [0.1, 0.15) is 42.1 Å². The first-order valence-electron chi connectivity index (χ1n) is 9.78. The number of carbonyl (C=O) groups is 1. The number of hydrogen-bond donors (Lipinski definition) is 2. The molecule has 162 valence electrons. The summed E-state index contributed by atoms with van der Waals surface area (Å²) in [6.45, 7) is 1.80. The number of carboxylic acid groups (broad SMARTS) is 1. The largest absolute Gasteiger partial charge is 0.477 e. The molecule has 0 radical (unpaired) electrons. The van der Waals surface area contributed by atoms with Crippen molar-refractivity contribution in [3.63, 3.8) is 0 Å². The molecule has 0 bridgehead atoms. The molecule has 2 aliphatic rings. The number of anilines is 1. The topological polar surface area (TPSA) is 74.6 Å². The Hall–Kier alpha value is -2.09. The van der Waals surface area contributed by atoms with Gasteiger partial charge in [0.25, 0.3) is 0 Å². The zero-order valence-corrected chi connectivity index (χ0v) is 18.2. The van der Waals surface area contributed by atoms with Gasteiger partial charge in [-0.25, -0.2) is 9.18 Å². The van der Waals surface area contributed by atoms with E-state index in [1.165, 1.54) is 12.3 Å². The average molecular weight is 456 g/mol. The van der Waals surface area contributed by atoms with Gasteiger partial charge in [0.15, 0.2) is 0 Å². The van der Waals surface area contributed by atoms with Gasteiger partial charge in [0.1, 0.15) is 11.4 Å². The average Bonchev–Trinajstić information content (AvgIpc) is 3.53. The first-order valence-corrected chi connectivity index (χ1v) is 10.2. The fourth-order valence-electron chi connectivity index (χ4n) is 3.99. The Bertz CT molecular complexity index is 1080. The third kappa shape index (κ3) is 4.19. The summed E-state index contributed by atoms with van der Waals surface area (Å²) in [5.41, 5.74) is 1.11. The van der Waals surface area contributed by atoms with E-state index in [2.05, 4.69) is 5.32 Å². The smallest absolute Gasteiger partial charge is 0.341 e. The number of nitrogens with one attached hydrogen (secondary N) is 1. The molecule has 4 rings (SSSR count). The summed E-state index contributed by atoms with van der Waals surface area (Å²) in [5, 5.41) is 13.3. The quantitative estimate of drug-likeness (QED) is 0.714. The van der Waals surface area contributed by atoms with Crippen molar-refractivity contribution in [3.8, 4) is 0 Å². The Labute approximate surface area is 184 Å². The Balaban J connectivity index is 0.00000256. The molecular weight excluding hydrogens is 432 g/mol. The lowest BCUT2D eigenvalue weighted by atomic mass is 10.0. The predicted octanol–water partition coefficient (Wildman–Crippen LogP) is 3.91. The van der Waals surface area contributed by atoms with Crippen molar-refractivity contribution in [1.29, 1.82) is 0 Å². The number of carboxylic acids is 1. The molecule has 0 spiro atoms. The summed E-state index contributed by atoms with van der Waals surface area (Å²) < 4.78 is 16.9. The van der Waals surface area contributed by atoms with E-state index in [9.17, 15) is 14.7 Å². The van der Waals surface area contributed by atoms with Crippen molar-refractivity contribution in [2.24, 2.45) is 0 Å². The highest BCUT2D eigenvalue weighted by molar-refractivity contribution is 6.30. The fraction of sp³-hybridized carbons (Fsp3) is 0.429. The van der Waals surface area contributed by atoms with E-state index in [-0.39, 0.29) is 29.4 Å². The van der Waals surface area contributed by atoms with Gasteiger partial charge in [-0.05, 0) is 50.4 Å². The lowest BCUT2D eigenvalue weighted by Gasteiger charge is -2.32. The maximum absolute atomic E-state index is 15.0. The third-order valence-electron chi connectivity index (χ3n) is 5.62. The molecule has 0 atom stereocenters. The van der Waals surface area contributed by atoms with E-state index in [0.29, 0.717) is 30.8 Å². The van der Waals surface area contributed by atoms with Crippen molar-refractivity contribution in [1.82, 2.24) is 9.88 Å². The molecule has 1 aromatic heterocycles. The number of likely N-dealkylation sites (N-methyl/N-ethyl adjacent to an activating group) is 1. The van der Waals surface area contributed by atoms with Crippen LogP contribution in [0.3, 0.4) is 0 Å². The number of hydrogen-bond acceptors (Lipinski definition) is 4. The summed E-state index contributed by atoms with van der Waals surface area (Å²) >= 11 is 6.39. The monoisotopic (exact) mass is 455 g/mol. The maximum atomic E-state index is 15.0. The fourth-order valence-corrected chi connectivity index (χ4v) is 4.28. The zero-order chi connectivity index (χ0) is 20.7. The maximum Gasteiger partial charge on any atom is 0.341 e. The van der Waals surface area contributed by atoms with Gasteiger partial charge in [-0.3, -0.25) is 4.79 Å². The minimum atomic E-state index is -1.29. The summed E-state index contributed by atoms with van der Waals surface area (Å²) in [6, 6.07) is 3.02. The summed E-state index contributed by atoms with van der Waals surface area (Å²) in [5.74, 6) is -1.81. The predicted molar refractivity (Wildman–Crippen MR) is 119 cm³/mol. The molecule has 1 aromatic carbocycles. The molecule has 6 nitrogen and oxygen atoms in total. The van der Waals surface area contributed by atoms with Gasteiger partial charge in [-0.2, -0.15) is 0 Å². The van der Waals surface area contributed by atoms with Crippen LogP contribution >= 0.6 is 24.0 Å². The van der Waals surface area contributed by atoms with Crippen LogP contribution < -0.4 is 15.6 Å². The number of nitrogens with zero attached hydrogens (tertiary/aromatic N) is 2. The minimum Gasteiger partial charge on any atom is -0.477 e. The highest BCUT2D eigenvalue weighted by Gasteiger charge is 2.28. The minimum absolute atomic E-state index is 0. The lowest BCUT2D eigenvalue weighted by molar-refractivity contribution is 0.0695.